The molecule has 4 saturated carbocycles. The largest absolute Gasteiger partial charge is 0.480 e. The predicted molar refractivity (Wildman–Crippen MR) is 111 cm³/mol. The molecule has 0 unspecified atom stereocenters. The van der Waals surface area contributed by atoms with E-state index in [-0.39, 0.29) is 16.5 Å². The number of anilines is 1. The summed E-state index contributed by atoms with van der Waals surface area (Å²) in [6.07, 6.45) is 7.05. The highest BCUT2D eigenvalue weighted by Crippen LogP contribution is 2.56. The first kappa shape index (κ1) is 18.7. The minimum absolute atomic E-state index is 0.112. The van der Waals surface area contributed by atoms with Crippen molar-refractivity contribution in [2.24, 2.45) is 17.8 Å². The average Bonchev–Trinajstić information content (AvgIpc) is 2.65. The van der Waals surface area contributed by atoms with Gasteiger partial charge in [-0.25, -0.2) is 4.98 Å². The number of benzene rings is 1. The first-order chi connectivity index (χ1) is 13.9. The molecule has 1 aromatic heterocycles. The number of rotatable bonds is 5. The Kier molecular flexibility index (Phi) is 4.42. The predicted octanol–water partition coefficient (Wildman–Crippen LogP) is 4.03. The molecule has 0 aliphatic heterocycles. The van der Waals surface area contributed by atoms with Crippen molar-refractivity contribution in [3.63, 3.8) is 0 Å². The second kappa shape index (κ2) is 6.87. The lowest BCUT2D eigenvalue weighted by atomic mass is 9.53. The Morgan fingerprint density at radius 2 is 1.72 bits per heavy atom. The summed E-state index contributed by atoms with van der Waals surface area (Å²) in [6, 6.07) is 9.10. The Morgan fingerprint density at radius 3 is 2.28 bits per heavy atom. The number of nitrogens with zero attached hydrogens (tertiary/aromatic N) is 2. The minimum atomic E-state index is -1.09. The molecule has 0 saturated heterocycles. The van der Waals surface area contributed by atoms with Gasteiger partial charge < -0.3 is 10.4 Å². The fraction of sp³-hybridized carbons (Fsp3) is 0.500. The minimum Gasteiger partial charge on any atom is -0.480 e. The highest BCUT2D eigenvalue weighted by Gasteiger charge is 2.51. The summed E-state index contributed by atoms with van der Waals surface area (Å²) in [5.74, 6) is 1.24. The van der Waals surface area contributed by atoms with E-state index in [1.807, 2.05) is 18.2 Å². The molecule has 0 spiro atoms. The second-order valence-corrected chi connectivity index (χ2v) is 9.43. The van der Waals surface area contributed by atoms with Gasteiger partial charge in [-0.1, -0.05) is 41.9 Å². The number of carboxylic acids is 1. The van der Waals surface area contributed by atoms with Crippen molar-refractivity contribution >= 4 is 23.4 Å². The van der Waals surface area contributed by atoms with Crippen LogP contribution in [0.3, 0.4) is 0 Å². The van der Waals surface area contributed by atoms with Crippen LogP contribution in [-0.2, 0) is 11.3 Å². The van der Waals surface area contributed by atoms with Crippen molar-refractivity contribution in [1.82, 2.24) is 9.55 Å². The van der Waals surface area contributed by atoms with E-state index in [0.29, 0.717) is 29.0 Å². The molecule has 152 valence electrons. The van der Waals surface area contributed by atoms with E-state index in [2.05, 4.69) is 10.3 Å². The van der Waals surface area contributed by atoms with Crippen LogP contribution in [-0.4, -0.2) is 26.2 Å². The third-order valence-corrected chi connectivity index (χ3v) is 7.15. The van der Waals surface area contributed by atoms with E-state index in [9.17, 15) is 14.7 Å². The van der Waals surface area contributed by atoms with Crippen LogP contribution >= 0.6 is 11.6 Å². The van der Waals surface area contributed by atoms with Gasteiger partial charge in [0.2, 0.25) is 0 Å². The molecule has 1 aromatic carbocycles. The maximum atomic E-state index is 13.3. The maximum Gasteiger partial charge on any atom is 0.323 e. The van der Waals surface area contributed by atoms with Gasteiger partial charge in [-0.2, -0.15) is 0 Å². The summed E-state index contributed by atoms with van der Waals surface area (Å²) in [5, 5.41) is 13.0. The van der Waals surface area contributed by atoms with E-state index < -0.39 is 18.1 Å². The lowest BCUT2D eigenvalue weighted by Crippen LogP contribution is -2.55. The number of carboxylic acid groups (broad SMARTS) is 1. The van der Waals surface area contributed by atoms with Crippen LogP contribution in [0, 0.1) is 17.8 Å². The van der Waals surface area contributed by atoms with Crippen molar-refractivity contribution in [3.8, 4) is 11.3 Å². The molecule has 0 amide bonds. The molecular formula is C22H24ClN3O3. The third-order valence-electron chi connectivity index (χ3n) is 6.89. The fourth-order valence-electron chi connectivity index (χ4n) is 6.29. The second-order valence-electron chi connectivity index (χ2n) is 9.07. The molecular weight excluding hydrogens is 390 g/mol. The van der Waals surface area contributed by atoms with Crippen LogP contribution in [0.15, 0.2) is 35.1 Å². The molecule has 2 aromatic rings. The zero-order valence-electron chi connectivity index (χ0n) is 16.1. The average molecular weight is 414 g/mol. The lowest BCUT2D eigenvalue weighted by Gasteiger charge is -2.57. The van der Waals surface area contributed by atoms with Gasteiger partial charge in [-0.05, 0) is 56.3 Å². The Balaban J connectivity index is 1.57. The number of hydrogen-bond donors (Lipinski definition) is 2. The molecule has 7 heteroatoms. The molecule has 4 fully saturated rings. The van der Waals surface area contributed by atoms with Gasteiger partial charge in [0.1, 0.15) is 6.54 Å². The first-order valence-corrected chi connectivity index (χ1v) is 10.7. The molecule has 0 atom stereocenters. The Bertz CT molecular complexity index is 983. The number of nitrogens with one attached hydrogen (secondary N) is 1. The molecule has 4 aliphatic rings. The van der Waals surface area contributed by atoms with Crippen LogP contribution in [0.2, 0.25) is 5.15 Å². The van der Waals surface area contributed by atoms with Crippen LogP contribution in [0.5, 0.6) is 0 Å². The van der Waals surface area contributed by atoms with Gasteiger partial charge in [0.05, 0.1) is 5.69 Å². The Hall–Kier alpha value is -2.34. The van der Waals surface area contributed by atoms with Crippen molar-refractivity contribution in [1.29, 1.82) is 0 Å². The van der Waals surface area contributed by atoms with Gasteiger partial charge in [0, 0.05) is 11.1 Å². The molecule has 29 heavy (non-hydrogen) atoms. The molecule has 6 rings (SSSR count). The van der Waals surface area contributed by atoms with Crippen LogP contribution in [0.25, 0.3) is 11.3 Å². The third kappa shape index (κ3) is 3.33. The standard InChI is InChI=1S/C22H24ClN3O3/c23-19-18(16-4-2-1-3-5-16)26(12-17(27)28)21(29)20(24-19)25-22-9-13-6-14(10-22)8-15(7-13)11-22/h1-5,13-15H,6-12H2,(H,24,25)(H,27,28). The summed E-state index contributed by atoms with van der Waals surface area (Å²) in [6.45, 7) is -0.457. The van der Waals surface area contributed by atoms with Crippen molar-refractivity contribution in [3.05, 3.63) is 45.8 Å². The van der Waals surface area contributed by atoms with Crippen molar-refractivity contribution in [2.75, 3.05) is 5.32 Å². The zero-order chi connectivity index (χ0) is 20.2. The quantitative estimate of drug-likeness (QED) is 0.773. The van der Waals surface area contributed by atoms with E-state index in [4.69, 9.17) is 11.6 Å². The highest BCUT2D eigenvalue weighted by atomic mass is 35.5. The van der Waals surface area contributed by atoms with E-state index in [0.717, 1.165) is 19.3 Å². The highest BCUT2D eigenvalue weighted by molar-refractivity contribution is 6.32. The zero-order valence-corrected chi connectivity index (χ0v) is 16.9. The summed E-state index contributed by atoms with van der Waals surface area (Å²) < 4.78 is 1.23. The number of halogens is 1. The number of aromatic nitrogens is 2. The monoisotopic (exact) mass is 413 g/mol. The smallest absolute Gasteiger partial charge is 0.323 e. The topological polar surface area (TPSA) is 84.2 Å². The van der Waals surface area contributed by atoms with Gasteiger partial charge in [-0.15, -0.1) is 0 Å². The maximum absolute atomic E-state index is 13.3. The van der Waals surface area contributed by atoms with Crippen molar-refractivity contribution in [2.45, 2.75) is 50.6 Å². The Labute approximate surface area is 173 Å². The summed E-state index contributed by atoms with van der Waals surface area (Å²) in [4.78, 5) is 29.2. The first-order valence-electron chi connectivity index (χ1n) is 10.3. The summed E-state index contributed by atoms with van der Waals surface area (Å²) >= 11 is 6.51. The van der Waals surface area contributed by atoms with Crippen LogP contribution < -0.4 is 10.9 Å². The van der Waals surface area contributed by atoms with Gasteiger partial charge in [0.15, 0.2) is 11.0 Å². The molecule has 1 heterocycles. The summed E-state index contributed by atoms with van der Waals surface area (Å²) in [5.41, 5.74) is 0.478. The fourth-order valence-corrected chi connectivity index (χ4v) is 6.59. The molecule has 0 radical (unpaired) electrons. The van der Waals surface area contributed by atoms with Gasteiger partial charge in [0.25, 0.3) is 5.56 Å². The normalized spacial score (nSPS) is 29.8. The van der Waals surface area contributed by atoms with E-state index in [1.165, 1.54) is 23.8 Å². The van der Waals surface area contributed by atoms with Crippen LogP contribution in [0.1, 0.15) is 38.5 Å². The number of carbonyl (C=O) groups is 1. The Morgan fingerprint density at radius 1 is 1.14 bits per heavy atom. The SMILES string of the molecule is O=C(O)Cn1c(-c2ccccc2)c(Cl)nc(NC23CC4CC(CC(C4)C2)C3)c1=O. The van der Waals surface area contributed by atoms with Gasteiger partial charge >= 0.3 is 5.97 Å². The molecule has 4 aliphatic carbocycles. The number of hydrogen-bond acceptors (Lipinski definition) is 4. The van der Waals surface area contributed by atoms with Gasteiger partial charge in [-0.3, -0.25) is 14.2 Å². The van der Waals surface area contributed by atoms with Crippen molar-refractivity contribution < 1.29 is 9.90 Å². The van der Waals surface area contributed by atoms with E-state index >= 15 is 0 Å². The van der Waals surface area contributed by atoms with Crippen LogP contribution in [0.4, 0.5) is 5.82 Å². The summed E-state index contributed by atoms with van der Waals surface area (Å²) in [7, 11) is 0. The molecule has 4 bridgehead atoms. The lowest BCUT2D eigenvalue weighted by molar-refractivity contribution is -0.137. The number of aliphatic carboxylic acids is 1. The van der Waals surface area contributed by atoms with E-state index in [1.54, 1.807) is 12.1 Å². The molecule has 2 N–H and O–H groups in total. The molecule has 6 nitrogen and oxygen atoms in total.